The van der Waals surface area contributed by atoms with Crippen LogP contribution in [-0.2, 0) is 4.79 Å². The molecule has 0 saturated carbocycles. The summed E-state index contributed by atoms with van der Waals surface area (Å²) >= 11 is 0. The standard InChI is InChI=1S/C9H16N2O2/c1-2-4-7(10)5-3-6-8(11)9(12)13/h1,7-8H,3-6,10-11H2,(H,12,13)/t7?,8-/m0/s1. The fourth-order valence-corrected chi connectivity index (χ4v) is 0.977. The lowest BCUT2D eigenvalue weighted by Gasteiger charge is -2.09. The molecule has 4 heteroatoms. The number of aliphatic carboxylic acids is 1. The van der Waals surface area contributed by atoms with Crippen LogP contribution in [0.5, 0.6) is 0 Å². The summed E-state index contributed by atoms with van der Waals surface area (Å²) in [5.74, 6) is 1.49. The molecular formula is C9H16N2O2. The number of carboxylic acid groups (broad SMARTS) is 1. The first-order chi connectivity index (χ1) is 6.07. The average Bonchev–Trinajstić information content (AvgIpc) is 2.04. The summed E-state index contributed by atoms with van der Waals surface area (Å²) < 4.78 is 0. The van der Waals surface area contributed by atoms with E-state index in [2.05, 4.69) is 5.92 Å². The molecule has 0 amide bonds. The Morgan fingerprint density at radius 2 is 2.08 bits per heavy atom. The molecule has 0 fully saturated rings. The largest absolute Gasteiger partial charge is 0.480 e. The maximum Gasteiger partial charge on any atom is 0.320 e. The maximum atomic E-state index is 10.3. The van der Waals surface area contributed by atoms with Crippen LogP contribution in [0, 0.1) is 12.3 Å². The van der Waals surface area contributed by atoms with Gasteiger partial charge in [0.15, 0.2) is 0 Å². The summed E-state index contributed by atoms with van der Waals surface area (Å²) in [6.45, 7) is 0. The average molecular weight is 184 g/mol. The van der Waals surface area contributed by atoms with Crippen molar-refractivity contribution in [1.82, 2.24) is 0 Å². The van der Waals surface area contributed by atoms with E-state index < -0.39 is 12.0 Å². The van der Waals surface area contributed by atoms with Crippen molar-refractivity contribution in [1.29, 1.82) is 0 Å². The van der Waals surface area contributed by atoms with Crippen LogP contribution < -0.4 is 11.5 Å². The van der Waals surface area contributed by atoms with E-state index in [4.69, 9.17) is 23.0 Å². The van der Waals surface area contributed by atoms with E-state index in [-0.39, 0.29) is 6.04 Å². The molecule has 0 aromatic carbocycles. The van der Waals surface area contributed by atoms with Crippen molar-refractivity contribution in [3.63, 3.8) is 0 Å². The van der Waals surface area contributed by atoms with Gasteiger partial charge in [-0.1, -0.05) is 0 Å². The first kappa shape index (κ1) is 11.9. The van der Waals surface area contributed by atoms with Crippen LogP contribution in [0.2, 0.25) is 0 Å². The quantitative estimate of drug-likeness (QED) is 0.504. The van der Waals surface area contributed by atoms with Gasteiger partial charge in [0.25, 0.3) is 0 Å². The monoisotopic (exact) mass is 184 g/mol. The second-order valence-electron chi connectivity index (χ2n) is 3.04. The summed E-state index contributed by atoms with van der Waals surface area (Å²) in [6.07, 6.45) is 7.47. The highest BCUT2D eigenvalue weighted by atomic mass is 16.4. The van der Waals surface area contributed by atoms with Crippen LogP contribution in [-0.4, -0.2) is 23.2 Å². The van der Waals surface area contributed by atoms with Crippen molar-refractivity contribution in [3.05, 3.63) is 0 Å². The van der Waals surface area contributed by atoms with Crippen LogP contribution in [0.25, 0.3) is 0 Å². The van der Waals surface area contributed by atoms with Gasteiger partial charge < -0.3 is 16.6 Å². The first-order valence-corrected chi connectivity index (χ1v) is 4.25. The molecule has 0 aromatic rings. The second-order valence-corrected chi connectivity index (χ2v) is 3.04. The molecule has 2 atom stereocenters. The van der Waals surface area contributed by atoms with Crippen LogP contribution in [0.3, 0.4) is 0 Å². The van der Waals surface area contributed by atoms with Gasteiger partial charge >= 0.3 is 5.97 Å². The van der Waals surface area contributed by atoms with Crippen LogP contribution >= 0.6 is 0 Å². The zero-order chi connectivity index (χ0) is 10.3. The van der Waals surface area contributed by atoms with Gasteiger partial charge in [-0.3, -0.25) is 4.79 Å². The fraction of sp³-hybridized carbons (Fsp3) is 0.667. The lowest BCUT2D eigenvalue weighted by molar-refractivity contribution is -0.138. The van der Waals surface area contributed by atoms with Gasteiger partial charge in [0.2, 0.25) is 0 Å². The summed E-state index contributed by atoms with van der Waals surface area (Å²) in [5.41, 5.74) is 10.9. The molecule has 0 rings (SSSR count). The Morgan fingerprint density at radius 1 is 1.46 bits per heavy atom. The Kier molecular flexibility index (Phi) is 5.94. The highest BCUT2D eigenvalue weighted by Gasteiger charge is 2.11. The first-order valence-electron chi connectivity index (χ1n) is 4.25. The van der Waals surface area contributed by atoms with Gasteiger partial charge in [0.1, 0.15) is 6.04 Å². The van der Waals surface area contributed by atoms with Crippen molar-refractivity contribution in [2.75, 3.05) is 0 Å². The lowest BCUT2D eigenvalue weighted by atomic mass is 10.0. The van der Waals surface area contributed by atoms with E-state index in [9.17, 15) is 4.79 Å². The Hall–Kier alpha value is -1.05. The Balaban J connectivity index is 3.45. The van der Waals surface area contributed by atoms with Crippen LogP contribution in [0.4, 0.5) is 0 Å². The number of rotatable bonds is 6. The Bertz CT molecular complexity index is 198. The molecule has 0 aliphatic rings. The predicted molar refractivity (Wildman–Crippen MR) is 50.9 cm³/mol. The third kappa shape index (κ3) is 6.14. The van der Waals surface area contributed by atoms with E-state index in [0.29, 0.717) is 19.3 Å². The summed E-state index contributed by atoms with van der Waals surface area (Å²) in [7, 11) is 0. The Morgan fingerprint density at radius 3 is 2.54 bits per heavy atom. The van der Waals surface area contributed by atoms with Gasteiger partial charge in [0.05, 0.1) is 0 Å². The van der Waals surface area contributed by atoms with Crippen molar-refractivity contribution in [2.45, 2.75) is 37.8 Å². The van der Waals surface area contributed by atoms with Gasteiger partial charge in [0, 0.05) is 12.5 Å². The van der Waals surface area contributed by atoms with E-state index >= 15 is 0 Å². The number of hydrogen-bond donors (Lipinski definition) is 3. The van der Waals surface area contributed by atoms with Crippen LogP contribution in [0.1, 0.15) is 25.7 Å². The molecule has 0 spiro atoms. The highest BCUT2D eigenvalue weighted by Crippen LogP contribution is 2.03. The molecular weight excluding hydrogens is 168 g/mol. The molecule has 0 heterocycles. The molecule has 1 unspecified atom stereocenters. The van der Waals surface area contributed by atoms with Gasteiger partial charge in [-0.25, -0.2) is 0 Å². The van der Waals surface area contributed by atoms with Crippen molar-refractivity contribution in [2.24, 2.45) is 11.5 Å². The third-order valence-electron chi connectivity index (χ3n) is 1.79. The molecule has 4 nitrogen and oxygen atoms in total. The fourth-order valence-electron chi connectivity index (χ4n) is 0.977. The van der Waals surface area contributed by atoms with E-state index in [1.54, 1.807) is 0 Å². The topological polar surface area (TPSA) is 89.3 Å². The molecule has 74 valence electrons. The number of terminal acetylenes is 1. The smallest absolute Gasteiger partial charge is 0.320 e. The second kappa shape index (κ2) is 6.46. The molecule has 0 aliphatic heterocycles. The minimum atomic E-state index is -0.967. The van der Waals surface area contributed by atoms with Crippen LogP contribution in [0.15, 0.2) is 0 Å². The van der Waals surface area contributed by atoms with Crippen molar-refractivity contribution < 1.29 is 9.90 Å². The molecule has 0 radical (unpaired) electrons. The maximum absolute atomic E-state index is 10.3. The van der Waals surface area contributed by atoms with Crippen molar-refractivity contribution in [3.8, 4) is 12.3 Å². The molecule has 0 saturated heterocycles. The SMILES string of the molecule is C#CCC(N)CCC[C@H](N)C(=O)O. The normalized spacial score (nSPS) is 14.5. The third-order valence-corrected chi connectivity index (χ3v) is 1.79. The number of carbonyl (C=O) groups is 1. The lowest BCUT2D eigenvalue weighted by Crippen LogP contribution is -2.30. The Labute approximate surface area is 78.3 Å². The molecule has 0 bridgehead atoms. The summed E-state index contributed by atoms with van der Waals surface area (Å²) in [5, 5.41) is 8.46. The zero-order valence-corrected chi connectivity index (χ0v) is 7.57. The van der Waals surface area contributed by atoms with E-state index in [0.717, 1.165) is 6.42 Å². The zero-order valence-electron chi connectivity index (χ0n) is 7.57. The number of hydrogen-bond acceptors (Lipinski definition) is 3. The minimum Gasteiger partial charge on any atom is -0.480 e. The summed E-state index contributed by atoms with van der Waals surface area (Å²) in [4.78, 5) is 10.3. The van der Waals surface area contributed by atoms with E-state index in [1.165, 1.54) is 0 Å². The molecule has 5 N–H and O–H groups in total. The predicted octanol–water partition coefficient (Wildman–Crippen LogP) is -0.0808. The van der Waals surface area contributed by atoms with Gasteiger partial charge in [-0.05, 0) is 19.3 Å². The molecule has 13 heavy (non-hydrogen) atoms. The van der Waals surface area contributed by atoms with E-state index in [1.807, 2.05) is 0 Å². The number of carboxylic acids is 1. The van der Waals surface area contributed by atoms with Gasteiger partial charge in [-0.15, -0.1) is 12.3 Å². The van der Waals surface area contributed by atoms with Gasteiger partial charge in [-0.2, -0.15) is 0 Å². The molecule has 0 aliphatic carbocycles. The van der Waals surface area contributed by atoms with Crippen molar-refractivity contribution >= 4 is 5.97 Å². The molecule has 0 aromatic heterocycles. The number of nitrogens with two attached hydrogens (primary N) is 2. The highest BCUT2D eigenvalue weighted by molar-refractivity contribution is 5.72. The summed E-state index contributed by atoms with van der Waals surface area (Å²) in [6, 6.07) is -0.816. The minimum absolute atomic E-state index is 0.0361.